The number of fused-ring (bicyclic) bond motifs is 3. The minimum atomic E-state index is -0.379. The molecule has 2 aromatic carbocycles. The molecule has 5 rings (SSSR count). The van der Waals surface area contributed by atoms with Crippen LogP contribution in [-0.4, -0.2) is 31.4 Å². The highest BCUT2D eigenvalue weighted by atomic mass is 35.5. The van der Waals surface area contributed by atoms with E-state index < -0.39 is 0 Å². The van der Waals surface area contributed by atoms with Gasteiger partial charge in [0, 0.05) is 28.9 Å². The lowest BCUT2D eigenvalue weighted by atomic mass is 9.98. The molecule has 2 aliphatic heterocycles. The van der Waals surface area contributed by atoms with E-state index in [1.54, 1.807) is 14.2 Å². The van der Waals surface area contributed by atoms with E-state index in [2.05, 4.69) is 33.7 Å². The van der Waals surface area contributed by atoms with Crippen molar-refractivity contribution in [2.75, 3.05) is 20.8 Å². The molecule has 1 aromatic heterocycles. The number of hydrogen-bond donors (Lipinski definition) is 2. The number of nitrogens with zero attached hydrogens (tertiary/aromatic N) is 1. The first-order valence-corrected chi connectivity index (χ1v) is 10.4. The summed E-state index contributed by atoms with van der Waals surface area (Å²) in [5.41, 5.74) is 10.6. The van der Waals surface area contributed by atoms with Crippen molar-refractivity contribution < 1.29 is 14.2 Å². The fourth-order valence-electron chi connectivity index (χ4n) is 4.48. The Morgan fingerprint density at radius 2 is 1.97 bits per heavy atom. The second-order valence-corrected chi connectivity index (χ2v) is 7.93. The Balaban J connectivity index is 1.73. The predicted molar refractivity (Wildman–Crippen MR) is 116 cm³/mol. The van der Waals surface area contributed by atoms with Gasteiger partial charge < -0.3 is 18.8 Å². The Kier molecular flexibility index (Phi) is 5.16. The number of hydrazine groups is 1. The molecule has 0 amide bonds. The van der Waals surface area contributed by atoms with Crippen LogP contribution in [-0.2, 0) is 4.74 Å². The van der Waals surface area contributed by atoms with Crippen molar-refractivity contribution in [1.29, 1.82) is 0 Å². The topological polar surface area (TPSA) is 56.7 Å². The molecule has 30 heavy (non-hydrogen) atoms. The minimum absolute atomic E-state index is 0.141. The molecule has 2 aliphatic rings. The van der Waals surface area contributed by atoms with E-state index in [0.717, 1.165) is 35.5 Å². The summed E-state index contributed by atoms with van der Waals surface area (Å²) in [6.07, 6.45) is 2.50. The van der Waals surface area contributed by atoms with Gasteiger partial charge in [-0.05, 0) is 42.8 Å². The predicted octanol–water partition coefficient (Wildman–Crippen LogP) is 4.18. The first kappa shape index (κ1) is 19.5. The summed E-state index contributed by atoms with van der Waals surface area (Å²) in [5.74, 6) is 1.34. The number of aromatic nitrogens is 1. The van der Waals surface area contributed by atoms with Crippen LogP contribution in [0.25, 0.3) is 5.69 Å². The molecule has 3 heterocycles. The lowest BCUT2D eigenvalue weighted by Crippen LogP contribution is -2.36. The van der Waals surface area contributed by atoms with Crippen molar-refractivity contribution in [3.05, 3.63) is 76.6 Å². The molecule has 3 atom stereocenters. The van der Waals surface area contributed by atoms with Crippen LogP contribution in [0.3, 0.4) is 0 Å². The Morgan fingerprint density at radius 1 is 1.07 bits per heavy atom. The van der Waals surface area contributed by atoms with Crippen LogP contribution in [0, 0.1) is 0 Å². The summed E-state index contributed by atoms with van der Waals surface area (Å²) < 4.78 is 20.4. The van der Waals surface area contributed by atoms with Crippen LogP contribution in [0.2, 0.25) is 5.02 Å². The van der Waals surface area contributed by atoms with Crippen molar-refractivity contribution in [2.24, 2.45) is 0 Å². The van der Waals surface area contributed by atoms with Crippen LogP contribution in [0.1, 0.15) is 35.4 Å². The molecule has 0 aliphatic carbocycles. The van der Waals surface area contributed by atoms with Crippen LogP contribution < -0.4 is 20.3 Å². The van der Waals surface area contributed by atoms with E-state index >= 15 is 0 Å². The summed E-state index contributed by atoms with van der Waals surface area (Å²) >= 11 is 6.44. The smallest absolute Gasteiger partial charge is 0.166 e. The van der Waals surface area contributed by atoms with E-state index in [1.807, 2.05) is 36.4 Å². The van der Waals surface area contributed by atoms with Gasteiger partial charge in [-0.15, -0.1) is 0 Å². The second kappa shape index (κ2) is 7.96. The number of nitrogens with one attached hydrogen (secondary N) is 2. The molecule has 0 bridgehead atoms. The molecule has 156 valence electrons. The molecule has 2 N–H and O–H groups in total. The molecular weight excluding hydrogens is 402 g/mol. The van der Waals surface area contributed by atoms with Gasteiger partial charge in [0.1, 0.15) is 12.2 Å². The summed E-state index contributed by atoms with van der Waals surface area (Å²) in [6, 6.07) is 16.1. The van der Waals surface area contributed by atoms with Crippen molar-refractivity contribution in [3.63, 3.8) is 0 Å². The maximum atomic E-state index is 6.87. The van der Waals surface area contributed by atoms with E-state index in [4.69, 9.17) is 25.8 Å². The van der Waals surface area contributed by atoms with Gasteiger partial charge in [0.05, 0.1) is 31.6 Å². The van der Waals surface area contributed by atoms with Gasteiger partial charge in [-0.2, -0.15) is 0 Å². The highest BCUT2D eigenvalue weighted by molar-refractivity contribution is 6.30. The van der Waals surface area contributed by atoms with Crippen LogP contribution in [0.15, 0.2) is 54.7 Å². The number of benzene rings is 2. The van der Waals surface area contributed by atoms with Crippen LogP contribution >= 0.6 is 11.6 Å². The Bertz CT molecular complexity index is 1060. The molecule has 3 aromatic rings. The van der Waals surface area contributed by atoms with Crippen LogP contribution in [0.5, 0.6) is 11.5 Å². The third-order valence-electron chi connectivity index (χ3n) is 5.84. The molecule has 7 heteroatoms. The van der Waals surface area contributed by atoms with Gasteiger partial charge in [-0.1, -0.05) is 23.7 Å². The lowest BCUT2D eigenvalue weighted by Gasteiger charge is -2.28. The minimum Gasteiger partial charge on any atom is -0.493 e. The molecule has 0 radical (unpaired) electrons. The fourth-order valence-corrected chi connectivity index (χ4v) is 4.66. The highest BCUT2D eigenvalue weighted by Gasteiger charge is 2.37. The van der Waals surface area contributed by atoms with Crippen molar-refractivity contribution in [2.45, 2.75) is 24.7 Å². The maximum Gasteiger partial charge on any atom is 0.166 e. The van der Waals surface area contributed by atoms with Gasteiger partial charge >= 0.3 is 0 Å². The largest absolute Gasteiger partial charge is 0.493 e. The molecule has 0 saturated carbocycles. The summed E-state index contributed by atoms with van der Waals surface area (Å²) in [6.45, 7) is 0.900. The summed E-state index contributed by atoms with van der Waals surface area (Å²) in [4.78, 5) is 0. The Labute approximate surface area is 180 Å². The third kappa shape index (κ3) is 3.17. The molecule has 1 saturated heterocycles. The SMILES string of the molecule is COc1cccc([C@H]2O[C@H](C3CCNN3)c3cccn3-c3ccc(Cl)cc32)c1OC. The van der Waals surface area contributed by atoms with Gasteiger partial charge in [-0.3, -0.25) is 10.9 Å². The summed E-state index contributed by atoms with van der Waals surface area (Å²) in [7, 11) is 3.30. The fraction of sp³-hybridized carbons (Fsp3) is 0.304. The first-order valence-electron chi connectivity index (χ1n) is 10.0. The molecular formula is C23H24ClN3O3. The first-order chi connectivity index (χ1) is 14.7. The van der Waals surface area contributed by atoms with E-state index in [1.165, 1.54) is 0 Å². The van der Waals surface area contributed by atoms with Gasteiger partial charge in [-0.25, -0.2) is 0 Å². The monoisotopic (exact) mass is 425 g/mol. The highest BCUT2D eigenvalue weighted by Crippen LogP contribution is 2.46. The average Bonchev–Trinajstić information content (AvgIpc) is 3.45. The van der Waals surface area contributed by atoms with Crippen LogP contribution in [0.4, 0.5) is 0 Å². The molecule has 1 fully saturated rings. The zero-order valence-corrected chi connectivity index (χ0v) is 17.6. The number of halogens is 1. The average molecular weight is 426 g/mol. The standard InChI is InChI=1S/C23H24ClN3O3/c1-28-20-7-3-5-15(22(20)29-2)21-16-13-14(24)8-9-18(16)27-12-4-6-19(27)23(30-21)17-10-11-25-26-17/h3-9,12-13,17,21,23,25-26H,10-11H2,1-2H3/t17?,21-,23-/m1/s1. The normalized spacial score (nSPS) is 22.8. The Hall–Kier alpha value is -2.51. The van der Waals surface area contributed by atoms with Crippen molar-refractivity contribution >= 4 is 11.6 Å². The van der Waals surface area contributed by atoms with E-state index in [-0.39, 0.29) is 18.2 Å². The third-order valence-corrected chi connectivity index (χ3v) is 6.07. The molecule has 6 nitrogen and oxygen atoms in total. The van der Waals surface area contributed by atoms with Gasteiger partial charge in [0.25, 0.3) is 0 Å². The number of ether oxygens (including phenoxy) is 3. The van der Waals surface area contributed by atoms with E-state index in [0.29, 0.717) is 16.5 Å². The van der Waals surface area contributed by atoms with E-state index in [9.17, 15) is 0 Å². The molecule has 0 spiro atoms. The Morgan fingerprint density at radius 3 is 2.73 bits per heavy atom. The number of hydrogen-bond acceptors (Lipinski definition) is 5. The van der Waals surface area contributed by atoms with Crippen molar-refractivity contribution in [3.8, 4) is 17.2 Å². The number of methoxy groups -OCH3 is 2. The van der Waals surface area contributed by atoms with Crippen molar-refractivity contribution in [1.82, 2.24) is 15.4 Å². The van der Waals surface area contributed by atoms with Gasteiger partial charge in [0.2, 0.25) is 0 Å². The second-order valence-electron chi connectivity index (χ2n) is 7.49. The quantitative estimate of drug-likeness (QED) is 0.657. The zero-order chi connectivity index (χ0) is 20.7. The summed E-state index contributed by atoms with van der Waals surface area (Å²) in [5, 5.41) is 0.664. The molecule has 1 unspecified atom stereocenters. The lowest BCUT2D eigenvalue weighted by molar-refractivity contribution is -0.0139. The zero-order valence-electron chi connectivity index (χ0n) is 16.9. The maximum absolute atomic E-state index is 6.87. The number of rotatable bonds is 4. The number of para-hydroxylation sites is 1. The van der Waals surface area contributed by atoms with Gasteiger partial charge in [0.15, 0.2) is 11.5 Å².